The third kappa shape index (κ3) is 2.54. The van der Waals surface area contributed by atoms with Gasteiger partial charge in [0, 0.05) is 24.2 Å². The van der Waals surface area contributed by atoms with Gasteiger partial charge in [-0.25, -0.2) is 13.1 Å². The molecule has 2 rings (SSSR count). The number of aromatic amines is 1. The van der Waals surface area contributed by atoms with E-state index in [4.69, 9.17) is 10.2 Å². The first-order chi connectivity index (χ1) is 8.13. The van der Waals surface area contributed by atoms with E-state index in [1.807, 2.05) is 0 Å². The minimum atomic E-state index is -3.63. The van der Waals surface area contributed by atoms with Crippen LogP contribution in [0.5, 0.6) is 0 Å². The monoisotopic (exact) mass is 256 g/mol. The van der Waals surface area contributed by atoms with Crippen molar-refractivity contribution < 1.29 is 12.8 Å². The van der Waals surface area contributed by atoms with Gasteiger partial charge in [0.05, 0.1) is 18.7 Å². The second-order valence-corrected chi connectivity index (χ2v) is 5.09. The van der Waals surface area contributed by atoms with Crippen molar-refractivity contribution in [2.75, 3.05) is 0 Å². The number of hydrogen-bond donors (Lipinski definition) is 3. The molecule has 0 spiro atoms. The third-order valence-electron chi connectivity index (χ3n) is 2.21. The van der Waals surface area contributed by atoms with E-state index in [0.29, 0.717) is 5.56 Å². The molecule has 7 nitrogen and oxygen atoms in total. The van der Waals surface area contributed by atoms with Crippen molar-refractivity contribution in [1.82, 2.24) is 14.9 Å². The fraction of sp³-hybridized carbons (Fsp3) is 0.222. The molecule has 0 aliphatic rings. The first-order valence-corrected chi connectivity index (χ1v) is 6.35. The highest BCUT2D eigenvalue weighted by Crippen LogP contribution is 2.11. The molecule has 0 unspecified atom stereocenters. The Labute approximate surface area is 98.1 Å². The average Bonchev–Trinajstić information content (AvgIpc) is 2.97. The van der Waals surface area contributed by atoms with Gasteiger partial charge in [0.2, 0.25) is 0 Å². The van der Waals surface area contributed by atoms with Crippen molar-refractivity contribution in [3.63, 3.8) is 0 Å². The summed E-state index contributed by atoms with van der Waals surface area (Å²) in [5.41, 5.74) is 6.60. The molecule has 2 aromatic rings. The molecule has 0 amide bonds. The van der Waals surface area contributed by atoms with Gasteiger partial charge in [0.1, 0.15) is 0 Å². The third-order valence-corrected chi connectivity index (χ3v) is 3.63. The number of nitrogens with zero attached hydrogens (tertiary/aromatic N) is 1. The minimum Gasteiger partial charge on any atom is -0.472 e. The number of furan rings is 1. The summed E-state index contributed by atoms with van der Waals surface area (Å²) in [6.45, 7) is 0.264. The molecule has 92 valence electrons. The number of sulfonamides is 1. The molecule has 0 saturated carbocycles. The number of aromatic nitrogens is 2. The van der Waals surface area contributed by atoms with Crippen LogP contribution < -0.4 is 10.5 Å². The van der Waals surface area contributed by atoms with E-state index >= 15 is 0 Å². The second kappa shape index (κ2) is 4.70. The van der Waals surface area contributed by atoms with Crippen molar-refractivity contribution in [3.8, 4) is 0 Å². The molecular weight excluding hydrogens is 244 g/mol. The Morgan fingerprint density at radius 2 is 2.35 bits per heavy atom. The molecule has 0 bridgehead atoms. The van der Waals surface area contributed by atoms with Crippen LogP contribution in [0.15, 0.2) is 34.2 Å². The molecule has 2 aromatic heterocycles. The lowest BCUT2D eigenvalue weighted by molar-refractivity contribution is 0.560. The van der Waals surface area contributed by atoms with E-state index in [2.05, 4.69) is 14.9 Å². The number of hydrogen-bond acceptors (Lipinski definition) is 5. The zero-order chi connectivity index (χ0) is 12.3. The van der Waals surface area contributed by atoms with Gasteiger partial charge in [0.15, 0.2) is 5.03 Å². The topological polar surface area (TPSA) is 114 Å². The van der Waals surface area contributed by atoms with Crippen molar-refractivity contribution in [2.45, 2.75) is 18.1 Å². The first-order valence-electron chi connectivity index (χ1n) is 4.86. The zero-order valence-corrected chi connectivity index (χ0v) is 9.70. The average molecular weight is 256 g/mol. The predicted octanol–water partition coefficient (Wildman–Crippen LogP) is -0.0601. The lowest BCUT2D eigenvalue weighted by Gasteiger charge is -2.04. The van der Waals surface area contributed by atoms with Gasteiger partial charge in [-0.15, -0.1) is 0 Å². The van der Waals surface area contributed by atoms with Gasteiger partial charge < -0.3 is 10.2 Å². The van der Waals surface area contributed by atoms with Crippen molar-refractivity contribution in [3.05, 3.63) is 35.9 Å². The molecule has 0 saturated heterocycles. The van der Waals surface area contributed by atoms with Gasteiger partial charge in [0.25, 0.3) is 10.0 Å². The van der Waals surface area contributed by atoms with Crippen molar-refractivity contribution in [2.24, 2.45) is 5.73 Å². The molecule has 8 heteroatoms. The van der Waals surface area contributed by atoms with Gasteiger partial charge in [-0.2, -0.15) is 5.10 Å². The Hall–Kier alpha value is -1.64. The van der Waals surface area contributed by atoms with E-state index in [0.717, 1.165) is 5.56 Å². The van der Waals surface area contributed by atoms with E-state index < -0.39 is 10.0 Å². The summed E-state index contributed by atoms with van der Waals surface area (Å²) in [4.78, 5) is 0. The quantitative estimate of drug-likeness (QED) is 0.693. The summed E-state index contributed by atoms with van der Waals surface area (Å²) in [7, 11) is -3.63. The molecule has 0 radical (unpaired) electrons. The Bertz CT molecular complexity index is 573. The summed E-state index contributed by atoms with van der Waals surface area (Å²) in [6, 6.07) is 1.68. The molecule has 0 aromatic carbocycles. The lowest BCUT2D eigenvalue weighted by Crippen LogP contribution is -2.24. The standard InChI is InChI=1S/C9H12N4O3S/c10-3-8-5-11-13-9(8)17(14,15)12-4-7-1-2-16-6-7/h1-2,5-6,12H,3-4,10H2,(H,11,13). The van der Waals surface area contributed by atoms with E-state index in [1.54, 1.807) is 6.07 Å². The smallest absolute Gasteiger partial charge is 0.258 e. The highest BCUT2D eigenvalue weighted by Gasteiger charge is 2.19. The van der Waals surface area contributed by atoms with Gasteiger partial charge in [-0.3, -0.25) is 5.10 Å². The number of rotatable bonds is 5. The fourth-order valence-corrected chi connectivity index (χ4v) is 2.48. The maximum atomic E-state index is 11.9. The highest BCUT2D eigenvalue weighted by molar-refractivity contribution is 7.89. The van der Waals surface area contributed by atoms with Gasteiger partial charge in [-0.1, -0.05) is 0 Å². The van der Waals surface area contributed by atoms with Crippen LogP contribution in [-0.4, -0.2) is 18.6 Å². The summed E-state index contributed by atoms with van der Waals surface area (Å²) >= 11 is 0. The molecule has 2 heterocycles. The van der Waals surface area contributed by atoms with Gasteiger partial charge >= 0.3 is 0 Å². The predicted molar refractivity (Wildman–Crippen MR) is 59.2 cm³/mol. The van der Waals surface area contributed by atoms with Crippen LogP contribution in [0, 0.1) is 0 Å². The Morgan fingerprint density at radius 1 is 1.53 bits per heavy atom. The SMILES string of the molecule is NCc1cn[nH]c1S(=O)(=O)NCc1ccoc1. The molecular formula is C9H12N4O3S. The van der Waals surface area contributed by atoms with Crippen LogP contribution in [0.3, 0.4) is 0 Å². The van der Waals surface area contributed by atoms with E-state index in [-0.39, 0.29) is 18.1 Å². The molecule has 0 atom stereocenters. The number of H-pyrrole nitrogens is 1. The minimum absolute atomic E-state index is 0.00324. The number of nitrogens with one attached hydrogen (secondary N) is 2. The molecule has 4 N–H and O–H groups in total. The largest absolute Gasteiger partial charge is 0.472 e. The second-order valence-electron chi connectivity index (χ2n) is 3.38. The Balaban J connectivity index is 2.14. The van der Waals surface area contributed by atoms with E-state index in [1.165, 1.54) is 18.7 Å². The Morgan fingerprint density at radius 3 is 3.00 bits per heavy atom. The summed E-state index contributed by atoms with van der Waals surface area (Å²) in [5.74, 6) is 0. The highest BCUT2D eigenvalue weighted by atomic mass is 32.2. The summed E-state index contributed by atoms with van der Waals surface area (Å²) in [5, 5.41) is 6.09. The van der Waals surface area contributed by atoms with Gasteiger partial charge in [-0.05, 0) is 6.07 Å². The summed E-state index contributed by atoms with van der Waals surface area (Å²) < 4.78 is 31.1. The first kappa shape index (κ1) is 11.8. The van der Waals surface area contributed by atoms with Crippen LogP contribution in [0.1, 0.15) is 11.1 Å². The molecule has 0 aliphatic heterocycles. The van der Waals surface area contributed by atoms with Crippen LogP contribution in [0.25, 0.3) is 0 Å². The fourth-order valence-electron chi connectivity index (χ4n) is 1.32. The summed E-state index contributed by atoms with van der Waals surface area (Å²) in [6.07, 6.45) is 4.34. The maximum absolute atomic E-state index is 11.9. The van der Waals surface area contributed by atoms with Crippen molar-refractivity contribution in [1.29, 1.82) is 0 Å². The Kier molecular flexibility index (Phi) is 3.27. The maximum Gasteiger partial charge on any atom is 0.258 e. The molecule has 0 aliphatic carbocycles. The van der Waals surface area contributed by atoms with Crippen LogP contribution >= 0.6 is 0 Å². The van der Waals surface area contributed by atoms with Crippen LogP contribution in [0.2, 0.25) is 0 Å². The molecule has 17 heavy (non-hydrogen) atoms. The van der Waals surface area contributed by atoms with E-state index in [9.17, 15) is 8.42 Å². The van der Waals surface area contributed by atoms with Crippen molar-refractivity contribution >= 4 is 10.0 Å². The normalized spacial score (nSPS) is 11.8. The zero-order valence-electron chi connectivity index (χ0n) is 8.88. The van der Waals surface area contributed by atoms with Crippen LogP contribution in [0.4, 0.5) is 0 Å². The molecule has 0 fully saturated rings. The number of nitrogens with two attached hydrogens (primary N) is 1. The lowest BCUT2D eigenvalue weighted by atomic mass is 10.4. The van der Waals surface area contributed by atoms with Crippen LogP contribution in [-0.2, 0) is 23.1 Å².